The van der Waals surface area contributed by atoms with Gasteiger partial charge < -0.3 is 9.73 Å². The van der Waals surface area contributed by atoms with E-state index in [4.69, 9.17) is 4.42 Å². The van der Waals surface area contributed by atoms with Crippen molar-refractivity contribution in [1.29, 1.82) is 0 Å². The quantitative estimate of drug-likeness (QED) is 0.854. The average molecular weight is 235 g/mol. The summed E-state index contributed by atoms with van der Waals surface area (Å²) in [6, 6.07) is 5.11. The minimum absolute atomic E-state index is 0.328. The lowest BCUT2D eigenvalue weighted by Crippen LogP contribution is -2.37. The number of rotatable bonds is 3. The first-order chi connectivity index (χ1) is 8.06. The molecule has 1 aromatic heterocycles. The molecule has 0 aliphatic heterocycles. The van der Waals surface area contributed by atoms with Crippen molar-refractivity contribution >= 4 is 0 Å². The van der Waals surface area contributed by atoms with Crippen LogP contribution in [0.1, 0.15) is 57.6 Å². The van der Waals surface area contributed by atoms with E-state index >= 15 is 0 Å². The van der Waals surface area contributed by atoms with Crippen LogP contribution in [0.5, 0.6) is 0 Å². The Morgan fingerprint density at radius 3 is 2.59 bits per heavy atom. The number of aryl methyl sites for hydroxylation is 1. The third-order valence-electron chi connectivity index (χ3n) is 4.27. The van der Waals surface area contributed by atoms with Crippen molar-refractivity contribution in [1.82, 2.24) is 5.32 Å². The van der Waals surface area contributed by atoms with E-state index < -0.39 is 0 Å². The van der Waals surface area contributed by atoms with Crippen molar-refractivity contribution in [3.8, 4) is 0 Å². The zero-order valence-electron chi connectivity index (χ0n) is 11.5. The molecule has 17 heavy (non-hydrogen) atoms. The normalized spacial score (nSPS) is 31.4. The van der Waals surface area contributed by atoms with E-state index in [1.165, 1.54) is 19.3 Å². The van der Waals surface area contributed by atoms with E-state index in [2.05, 4.69) is 32.2 Å². The summed E-state index contributed by atoms with van der Waals surface area (Å²) in [6.07, 6.45) is 3.95. The maximum absolute atomic E-state index is 5.67. The highest BCUT2D eigenvalue weighted by Gasteiger charge is 2.25. The zero-order chi connectivity index (χ0) is 12.4. The fourth-order valence-corrected chi connectivity index (χ4v) is 2.82. The van der Waals surface area contributed by atoms with Crippen LogP contribution in [-0.4, -0.2) is 6.04 Å². The van der Waals surface area contributed by atoms with E-state index in [0.717, 1.165) is 23.4 Å². The first-order valence-corrected chi connectivity index (χ1v) is 6.88. The van der Waals surface area contributed by atoms with Gasteiger partial charge in [0.15, 0.2) is 0 Å². The molecule has 2 heteroatoms. The predicted octanol–water partition coefficient (Wildman–Crippen LogP) is 4.06. The molecule has 1 saturated carbocycles. The van der Waals surface area contributed by atoms with Crippen LogP contribution >= 0.6 is 0 Å². The van der Waals surface area contributed by atoms with Gasteiger partial charge in [0.25, 0.3) is 0 Å². The Morgan fingerprint density at radius 2 is 2.00 bits per heavy atom. The maximum Gasteiger partial charge on any atom is 0.120 e. The van der Waals surface area contributed by atoms with E-state index in [1.54, 1.807) is 0 Å². The van der Waals surface area contributed by atoms with Crippen molar-refractivity contribution in [3.63, 3.8) is 0 Å². The largest absolute Gasteiger partial charge is 0.465 e. The molecule has 0 amide bonds. The Kier molecular flexibility index (Phi) is 3.93. The van der Waals surface area contributed by atoms with Crippen LogP contribution in [-0.2, 0) is 0 Å². The van der Waals surface area contributed by atoms with Gasteiger partial charge in [-0.2, -0.15) is 0 Å². The van der Waals surface area contributed by atoms with Crippen molar-refractivity contribution < 1.29 is 4.42 Å². The van der Waals surface area contributed by atoms with Gasteiger partial charge in [-0.3, -0.25) is 0 Å². The molecule has 96 valence electrons. The molecule has 0 aromatic carbocycles. The second-order valence-electron chi connectivity index (χ2n) is 5.80. The lowest BCUT2D eigenvalue weighted by atomic mass is 9.79. The van der Waals surface area contributed by atoms with Gasteiger partial charge in [0, 0.05) is 6.04 Å². The van der Waals surface area contributed by atoms with Gasteiger partial charge in [-0.1, -0.05) is 13.8 Å². The fourth-order valence-electron chi connectivity index (χ4n) is 2.82. The van der Waals surface area contributed by atoms with E-state index in [1.807, 2.05) is 13.0 Å². The molecule has 4 unspecified atom stereocenters. The summed E-state index contributed by atoms with van der Waals surface area (Å²) in [5.74, 6) is 3.79. The highest BCUT2D eigenvalue weighted by molar-refractivity contribution is 5.09. The molecule has 1 fully saturated rings. The van der Waals surface area contributed by atoms with Gasteiger partial charge in [-0.15, -0.1) is 0 Å². The first-order valence-electron chi connectivity index (χ1n) is 6.88. The average Bonchev–Trinajstić information content (AvgIpc) is 2.70. The van der Waals surface area contributed by atoms with Gasteiger partial charge in [0.05, 0.1) is 6.04 Å². The third kappa shape index (κ3) is 3.12. The highest BCUT2D eigenvalue weighted by atomic mass is 16.3. The van der Waals surface area contributed by atoms with Crippen molar-refractivity contribution in [2.75, 3.05) is 0 Å². The second-order valence-corrected chi connectivity index (χ2v) is 5.80. The molecule has 4 atom stereocenters. The van der Waals surface area contributed by atoms with Crippen LogP contribution in [0.15, 0.2) is 16.5 Å². The Labute approximate surface area is 105 Å². The summed E-state index contributed by atoms with van der Waals surface area (Å²) in [7, 11) is 0. The van der Waals surface area contributed by atoms with Crippen molar-refractivity contribution in [3.05, 3.63) is 23.7 Å². The molecule has 1 N–H and O–H groups in total. The molecule has 0 spiro atoms. The Balaban J connectivity index is 1.89. The van der Waals surface area contributed by atoms with Crippen LogP contribution in [0.25, 0.3) is 0 Å². The first kappa shape index (κ1) is 12.7. The smallest absolute Gasteiger partial charge is 0.120 e. The van der Waals surface area contributed by atoms with Crippen molar-refractivity contribution in [2.45, 2.75) is 59.0 Å². The van der Waals surface area contributed by atoms with Crippen LogP contribution in [0.2, 0.25) is 0 Å². The number of nitrogens with one attached hydrogen (secondary N) is 1. The van der Waals surface area contributed by atoms with Crippen LogP contribution in [0.3, 0.4) is 0 Å². The lowest BCUT2D eigenvalue weighted by molar-refractivity contribution is 0.212. The minimum atomic E-state index is 0.328. The second kappa shape index (κ2) is 5.26. The third-order valence-corrected chi connectivity index (χ3v) is 4.27. The summed E-state index contributed by atoms with van der Waals surface area (Å²) in [5, 5.41) is 3.71. The Bertz CT molecular complexity index is 358. The van der Waals surface area contributed by atoms with Crippen LogP contribution in [0.4, 0.5) is 0 Å². The highest BCUT2D eigenvalue weighted by Crippen LogP contribution is 2.30. The molecule has 1 aliphatic rings. The number of hydrogen-bond donors (Lipinski definition) is 1. The van der Waals surface area contributed by atoms with Gasteiger partial charge in [-0.05, 0) is 57.1 Å². The van der Waals surface area contributed by atoms with Crippen molar-refractivity contribution in [2.24, 2.45) is 11.8 Å². The van der Waals surface area contributed by atoms with Gasteiger partial charge >= 0.3 is 0 Å². The summed E-state index contributed by atoms with van der Waals surface area (Å²) in [4.78, 5) is 0. The SMILES string of the molecule is Cc1ccc(C(C)NC2CCC(C)C(C)C2)o1. The Hall–Kier alpha value is -0.760. The van der Waals surface area contributed by atoms with E-state index in [9.17, 15) is 0 Å². The van der Waals surface area contributed by atoms with Crippen LogP contribution in [0, 0.1) is 18.8 Å². The number of furan rings is 1. The van der Waals surface area contributed by atoms with Gasteiger partial charge in [0.1, 0.15) is 11.5 Å². The monoisotopic (exact) mass is 235 g/mol. The standard InChI is InChI=1S/C15H25NO/c1-10-5-7-14(9-11(10)2)16-13(4)15-8-6-12(3)17-15/h6,8,10-11,13-14,16H,5,7,9H2,1-4H3. The predicted molar refractivity (Wildman–Crippen MR) is 71.0 cm³/mol. The molecular formula is C15H25NO. The number of hydrogen-bond acceptors (Lipinski definition) is 2. The lowest BCUT2D eigenvalue weighted by Gasteiger charge is -2.34. The fraction of sp³-hybridized carbons (Fsp3) is 0.733. The minimum Gasteiger partial charge on any atom is -0.465 e. The van der Waals surface area contributed by atoms with Gasteiger partial charge in [-0.25, -0.2) is 0 Å². The Morgan fingerprint density at radius 1 is 1.24 bits per heavy atom. The molecule has 0 radical (unpaired) electrons. The maximum atomic E-state index is 5.67. The summed E-state index contributed by atoms with van der Waals surface area (Å²) < 4.78 is 5.67. The molecule has 1 aliphatic carbocycles. The molecule has 0 bridgehead atoms. The molecule has 2 rings (SSSR count). The topological polar surface area (TPSA) is 25.2 Å². The van der Waals surface area contributed by atoms with Crippen LogP contribution < -0.4 is 5.32 Å². The summed E-state index contributed by atoms with van der Waals surface area (Å²) in [6.45, 7) is 8.95. The molecule has 0 saturated heterocycles. The summed E-state index contributed by atoms with van der Waals surface area (Å²) >= 11 is 0. The molecule has 1 heterocycles. The van der Waals surface area contributed by atoms with Gasteiger partial charge in [0.2, 0.25) is 0 Å². The summed E-state index contributed by atoms with van der Waals surface area (Å²) in [5.41, 5.74) is 0. The van der Waals surface area contributed by atoms with E-state index in [-0.39, 0.29) is 0 Å². The van der Waals surface area contributed by atoms with E-state index in [0.29, 0.717) is 12.1 Å². The molecular weight excluding hydrogens is 210 g/mol. The molecule has 2 nitrogen and oxygen atoms in total. The molecule has 1 aromatic rings. The zero-order valence-corrected chi connectivity index (χ0v) is 11.5.